The number of aromatic nitrogens is 2. The van der Waals surface area contributed by atoms with E-state index in [1.807, 2.05) is 48.6 Å². The fraction of sp³-hybridized carbons (Fsp3) is 0.368. The maximum absolute atomic E-state index is 12.9. The largest absolute Gasteiger partial charge is 0.339 e. The van der Waals surface area contributed by atoms with E-state index in [1.54, 1.807) is 11.3 Å². The highest BCUT2D eigenvalue weighted by molar-refractivity contribution is 7.12. The lowest BCUT2D eigenvalue weighted by Crippen LogP contribution is -2.49. The summed E-state index contributed by atoms with van der Waals surface area (Å²) >= 11 is 1.54. The number of rotatable bonds is 4. The Morgan fingerprint density at radius 2 is 1.96 bits per heavy atom. The van der Waals surface area contributed by atoms with Crippen molar-refractivity contribution in [1.29, 1.82) is 0 Å². The SMILES string of the molecule is CN(C)Cc1ccsc1C(=O)N1CCN(c2nc3ccccc3[nH]2)CC1. The second kappa shape index (κ2) is 7.09. The zero-order chi connectivity index (χ0) is 18.1. The predicted octanol–water partition coefficient (Wildman–Crippen LogP) is 2.65. The highest BCUT2D eigenvalue weighted by atomic mass is 32.1. The number of H-pyrrole nitrogens is 1. The predicted molar refractivity (Wildman–Crippen MR) is 106 cm³/mol. The summed E-state index contributed by atoms with van der Waals surface area (Å²) in [5, 5.41) is 2.01. The first-order valence-electron chi connectivity index (χ1n) is 8.82. The van der Waals surface area contributed by atoms with E-state index in [4.69, 9.17) is 0 Å². The van der Waals surface area contributed by atoms with Gasteiger partial charge in [0, 0.05) is 32.7 Å². The van der Waals surface area contributed by atoms with Crippen molar-refractivity contribution < 1.29 is 4.79 Å². The van der Waals surface area contributed by atoms with Crippen LogP contribution < -0.4 is 4.90 Å². The van der Waals surface area contributed by atoms with E-state index in [0.29, 0.717) is 0 Å². The molecule has 1 amide bonds. The van der Waals surface area contributed by atoms with Gasteiger partial charge in [0.15, 0.2) is 0 Å². The van der Waals surface area contributed by atoms with Gasteiger partial charge < -0.3 is 19.7 Å². The first-order chi connectivity index (χ1) is 12.6. The van der Waals surface area contributed by atoms with Crippen molar-refractivity contribution in [2.45, 2.75) is 6.54 Å². The first kappa shape index (κ1) is 17.1. The summed E-state index contributed by atoms with van der Waals surface area (Å²) in [6, 6.07) is 10.1. The van der Waals surface area contributed by atoms with Gasteiger partial charge in [-0.2, -0.15) is 0 Å². The Hall–Kier alpha value is -2.38. The monoisotopic (exact) mass is 369 g/mol. The first-order valence-corrected chi connectivity index (χ1v) is 9.70. The lowest BCUT2D eigenvalue weighted by Gasteiger charge is -2.34. The standard InChI is InChI=1S/C19H23N5OS/c1-22(2)13-14-7-12-26-17(14)18(25)23-8-10-24(11-9-23)19-20-15-5-3-4-6-16(15)21-19/h3-7,12H,8-11,13H2,1-2H3,(H,20,21). The molecule has 0 saturated carbocycles. The molecule has 0 bridgehead atoms. The summed E-state index contributed by atoms with van der Waals surface area (Å²) in [6.45, 7) is 3.81. The van der Waals surface area contributed by atoms with Crippen LogP contribution in [0.25, 0.3) is 11.0 Å². The van der Waals surface area contributed by atoms with Gasteiger partial charge in [-0.05, 0) is 43.2 Å². The van der Waals surface area contributed by atoms with Crippen LogP contribution in [-0.4, -0.2) is 65.9 Å². The fourth-order valence-electron chi connectivity index (χ4n) is 3.34. The molecule has 0 unspecified atom stereocenters. The maximum Gasteiger partial charge on any atom is 0.264 e. The highest BCUT2D eigenvalue weighted by Gasteiger charge is 2.26. The Morgan fingerprint density at radius 3 is 2.69 bits per heavy atom. The average Bonchev–Trinajstić information content (AvgIpc) is 3.27. The number of piperazine rings is 1. The number of anilines is 1. The molecule has 0 aliphatic carbocycles. The third kappa shape index (κ3) is 3.32. The van der Waals surface area contributed by atoms with Crippen molar-refractivity contribution in [2.24, 2.45) is 0 Å². The van der Waals surface area contributed by atoms with E-state index in [0.717, 1.165) is 60.1 Å². The molecule has 1 aromatic carbocycles. The summed E-state index contributed by atoms with van der Waals surface area (Å²) in [5.41, 5.74) is 3.14. The number of aromatic amines is 1. The quantitative estimate of drug-likeness (QED) is 0.768. The van der Waals surface area contributed by atoms with Crippen molar-refractivity contribution >= 4 is 34.2 Å². The third-order valence-corrected chi connectivity index (χ3v) is 5.62. The highest BCUT2D eigenvalue weighted by Crippen LogP contribution is 2.22. The zero-order valence-electron chi connectivity index (χ0n) is 15.1. The average molecular weight is 369 g/mol. The lowest BCUT2D eigenvalue weighted by atomic mass is 10.2. The molecule has 136 valence electrons. The smallest absolute Gasteiger partial charge is 0.264 e. The van der Waals surface area contributed by atoms with Gasteiger partial charge in [-0.25, -0.2) is 4.98 Å². The molecule has 1 fully saturated rings. The fourth-order valence-corrected chi connectivity index (χ4v) is 4.22. The van der Waals surface area contributed by atoms with E-state index in [1.165, 1.54) is 0 Å². The molecule has 1 aliphatic rings. The Morgan fingerprint density at radius 1 is 1.19 bits per heavy atom. The summed E-state index contributed by atoms with van der Waals surface area (Å²) in [4.78, 5) is 28.1. The number of carbonyl (C=O) groups is 1. The van der Waals surface area contributed by atoms with Gasteiger partial charge in [0.1, 0.15) is 0 Å². The second-order valence-electron chi connectivity index (χ2n) is 6.87. The third-order valence-electron chi connectivity index (χ3n) is 4.67. The number of imidazole rings is 1. The molecule has 2 aromatic heterocycles. The number of nitrogens with zero attached hydrogens (tertiary/aromatic N) is 4. The van der Waals surface area contributed by atoms with Crippen LogP contribution in [0.15, 0.2) is 35.7 Å². The van der Waals surface area contributed by atoms with Crippen LogP contribution in [0.5, 0.6) is 0 Å². The molecule has 0 spiro atoms. The summed E-state index contributed by atoms with van der Waals surface area (Å²) in [7, 11) is 4.05. The molecule has 1 saturated heterocycles. The van der Waals surface area contributed by atoms with Crippen LogP contribution >= 0.6 is 11.3 Å². The molecular weight excluding hydrogens is 346 g/mol. The molecule has 4 rings (SSSR count). The number of amides is 1. The summed E-state index contributed by atoms with van der Waals surface area (Å²) < 4.78 is 0. The van der Waals surface area contributed by atoms with Crippen LogP contribution in [0.1, 0.15) is 15.2 Å². The summed E-state index contributed by atoms with van der Waals surface area (Å²) in [6.07, 6.45) is 0. The van der Waals surface area contributed by atoms with Crippen LogP contribution in [0, 0.1) is 0 Å². The zero-order valence-corrected chi connectivity index (χ0v) is 15.9. The van der Waals surface area contributed by atoms with Gasteiger partial charge in [0.05, 0.1) is 15.9 Å². The van der Waals surface area contributed by atoms with E-state index >= 15 is 0 Å². The number of nitrogens with one attached hydrogen (secondary N) is 1. The van der Waals surface area contributed by atoms with Crippen LogP contribution in [0.3, 0.4) is 0 Å². The van der Waals surface area contributed by atoms with Crippen LogP contribution in [0.4, 0.5) is 5.95 Å². The number of para-hydroxylation sites is 2. The molecule has 0 atom stereocenters. The normalized spacial score (nSPS) is 15.2. The molecule has 1 aliphatic heterocycles. The molecule has 3 heterocycles. The van der Waals surface area contributed by atoms with Crippen LogP contribution in [-0.2, 0) is 6.54 Å². The Labute approximate surface area is 157 Å². The number of hydrogen-bond acceptors (Lipinski definition) is 5. The van der Waals surface area contributed by atoms with Crippen molar-refractivity contribution in [3.63, 3.8) is 0 Å². The number of fused-ring (bicyclic) bond motifs is 1. The Kier molecular flexibility index (Phi) is 4.65. The maximum atomic E-state index is 12.9. The number of thiophene rings is 1. The van der Waals surface area contributed by atoms with E-state index in [-0.39, 0.29) is 5.91 Å². The molecule has 26 heavy (non-hydrogen) atoms. The number of carbonyl (C=O) groups excluding carboxylic acids is 1. The van der Waals surface area contributed by atoms with Gasteiger partial charge in [-0.1, -0.05) is 12.1 Å². The van der Waals surface area contributed by atoms with Crippen molar-refractivity contribution in [1.82, 2.24) is 19.8 Å². The lowest BCUT2D eigenvalue weighted by molar-refractivity contribution is 0.0749. The Bertz CT molecular complexity index is 874. The Balaban J connectivity index is 1.43. The topological polar surface area (TPSA) is 55.5 Å². The molecule has 3 aromatic rings. The van der Waals surface area contributed by atoms with Gasteiger partial charge in [0.2, 0.25) is 5.95 Å². The number of hydrogen-bond donors (Lipinski definition) is 1. The summed E-state index contributed by atoms with van der Waals surface area (Å²) in [5.74, 6) is 1.05. The second-order valence-corrected chi connectivity index (χ2v) is 7.79. The van der Waals surface area contributed by atoms with E-state index in [9.17, 15) is 4.79 Å². The van der Waals surface area contributed by atoms with E-state index in [2.05, 4.69) is 25.8 Å². The molecule has 1 N–H and O–H groups in total. The van der Waals surface area contributed by atoms with Gasteiger partial charge in [-0.15, -0.1) is 11.3 Å². The van der Waals surface area contributed by atoms with Crippen molar-refractivity contribution in [2.75, 3.05) is 45.2 Å². The minimum Gasteiger partial charge on any atom is -0.339 e. The number of benzene rings is 1. The van der Waals surface area contributed by atoms with Gasteiger partial charge in [-0.3, -0.25) is 4.79 Å². The van der Waals surface area contributed by atoms with Gasteiger partial charge >= 0.3 is 0 Å². The van der Waals surface area contributed by atoms with Crippen molar-refractivity contribution in [3.05, 3.63) is 46.2 Å². The minimum atomic E-state index is 0.154. The minimum absolute atomic E-state index is 0.154. The van der Waals surface area contributed by atoms with Crippen LogP contribution in [0.2, 0.25) is 0 Å². The van der Waals surface area contributed by atoms with Gasteiger partial charge in [0.25, 0.3) is 5.91 Å². The molecular formula is C19H23N5OS. The van der Waals surface area contributed by atoms with Crippen molar-refractivity contribution in [3.8, 4) is 0 Å². The molecule has 7 heteroatoms. The molecule has 0 radical (unpaired) electrons. The van der Waals surface area contributed by atoms with E-state index < -0.39 is 0 Å². The molecule has 6 nitrogen and oxygen atoms in total.